The number of hydrogen-bond donors (Lipinski definition) is 6. The predicted molar refractivity (Wildman–Crippen MR) is 123 cm³/mol. The Balaban J connectivity index is 1.73. The Hall–Kier alpha value is -2.13. The maximum absolute atomic E-state index is 13.1. The lowest BCUT2D eigenvalue weighted by Gasteiger charge is -2.18. The van der Waals surface area contributed by atoms with Gasteiger partial charge in [0.1, 0.15) is 5.82 Å². The summed E-state index contributed by atoms with van der Waals surface area (Å²) < 4.78 is 13.1. The molecule has 2 aromatic rings. The van der Waals surface area contributed by atoms with Gasteiger partial charge in [-0.15, -0.1) is 0 Å². The molecule has 0 bridgehead atoms. The Bertz CT molecular complexity index is 862. The summed E-state index contributed by atoms with van der Waals surface area (Å²) in [6, 6.07) is 11.6. The summed E-state index contributed by atoms with van der Waals surface area (Å²) >= 11 is 4.49. The summed E-state index contributed by atoms with van der Waals surface area (Å²) in [5, 5.41) is 28.4. The lowest BCUT2D eigenvalue weighted by molar-refractivity contribution is 0.0878. The second kappa shape index (κ2) is 11.5. The molecule has 0 saturated carbocycles. The van der Waals surface area contributed by atoms with Crippen molar-refractivity contribution in [2.75, 3.05) is 31.6 Å². The molecule has 0 aliphatic carbocycles. The van der Waals surface area contributed by atoms with Crippen molar-refractivity contribution in [3.05, 3.63) is 65.0 Å². The summed E-state index contributed by atoms with van der Waals surface area (Å²) in [4.78, 5) is 12.9. The van der Waals surface area contributed by atoms with E-state index in [1.807, 2.05) is 12.1 Å². The van der Waals surface area contributed by atoms with E-state index >= 15 is 0 Å². The Morgan fingerprint density at radius 3 is 2.55 bits per heavy atom. The van der Waals surface area contributed by atoms with Crippen LogP contribution in [-0.2, 0) is 12.8 Å². The third kappa shape index (κ3) is 6.93. The SMILES string of the molecule is O=C(NC(CO)CO)c1cc(NC[C@@H]2C[C@H](S)CN2)ccc1CCc1ccc(F)cc1. The summed E-state index contributed by atoms with van der Waals surface area (Å²) in [5.41, 5.74) is 3.14. The van der Waals surface area contributed by atoms with Crippen LogP contribution in [0, 0.1) is 5.82 Å². The van der Waals surface area contributed by atoms with Crippen LogP contribution in [0.2, 0.25) is 0 Å². The number of amides is 1. The van der Waals surface area contributed by atoms with Gasteiger partial charge in [0.15, 0.2) is 0 Å². The normalized spacial score (nSPS) is 18.4. The molecule has 8 heteroatoms. The van der Waals surface area contributed by atoms with Gasteiger partial charge >= 0.3 is 0 Å². The van der Waals surface area contributed by atoms with E-state index in [1.165, 1.54) is 12.1 Å². The van der Waals surface area contributed by atoms with Crippen LogP contribution in [0.15, 0.2) is 42.5 Å². The third-order valence-electron chi connectivity index (χ3n) is 5.48. The molecule has 0 unspecified atom stereocenters. The van der Waals surface area contributed by atoms with Gasteiger partial charge in [-0.1, -0.05) is 18.2 Å². The second-order valence-corrected chi connectivity index (χ2v) is 8.64. The van der Waals surface area contributed by atoms with Gasteiger partial charge in [0, 0.05) is 35.6 Å². The number of anilines is 1. The zero-order valence-electron chi connectivity index (χ0n) is 17.4. The molecule has 2 aromatic carbocycles. The molecule has 2 atom stereocenters. The Labute approximate surface area is 187 Å². The highest BCUT2D eigenvalue weighted by molar-refractivity contribution is 7.81. The topological polar surface area (TPSA) is 93.6 Å². The number of nitrogens with one attached hydrogen (secondary N) is 3. The van der Waals surface area contributed by atoms with Crippen LogP contribution >= 0.6 is 12.6 Å². The molecular weight excluding hydrogens is 417 g/mol. The van der Waals surface area contributed by atoms with Crippen molar-refractivity contribution >= 4 is 24.2 Å². The van der Waals surface area contributed by atoms with Crippen molar-refractivity contribution in [3.8, 4) is 0 Å². The van der Waals surface area contributed by atoms with E-state index in [9.17, 15) is 19.4 Å². The van der Waals surface area contributed by atoms with Crippen molar-refractivity contribution in [1.82, 2.24) is 10.6 Å². The summed E-state index contributed by atoms with van der Waals surface area (Å²) in [7, 11) is 0. The number of aliphatic hydroxyl groups excluding tert-OH is 2. The summed E-state index contributed by atoms with van der Waals surface area (Å²) in [6.07, 6.45) is 2.24. The van der Waals surface area contributed by atoms with E-state index in [-0.39, 0.29) is 24.9 Å². The van der Waals surface area contributed by atoms with Crippen LogP contribution in [0.5, 0.6) is 0 Å². The second-order valence-electron chi connectivity index (χ2n) is 7.91. The number of halogens is 1. The van der Waals surface area contributed by atoms with Crippen LogP contribution in [-0.4, -0.2) is 59.8 Å². The summed E-state index contributed by atoms with van der Waals surface area (Å²) in [5.74, 6) is -0.625. The van der Waals surface area contributed by atoms with Crippen molar-refractivity contribution in [2.24, 2.45) is 0 Å². The highest BCUT2D eigenvalue weighted by Crippen LogP contribution is 2.20. The molecule has 3 rings (SSSR count). The molecule has 168 valence electrons. The van der Waals surface area contributed by atoms with E-state index in [4.69, 9.17) is 0 Å². The van der Waals surface area contributed by atoms with E-state index in [1.54, 1.807) is 18.2 Å². The smallest absolute Gasteiger partial charge is 0.252 e. The van der Waals surface area contributed by atoms with Gasteiger partial charge in [-0.25, -0.2) is 4.39 Å². The first-order valence-electron chi connectivity index (χ1n) is 10.5. The predicted octanol–water partition coefficient (Wildman–Crippen LogP) is 1.77. The number of carbonyl (C=O) groups is 1. The zero-order chi connectivity index (χ0) is 22.2. The van der Waals surface area contributed by atoms with E-state index < -0.39 is 6.04 Å². The third-order valence-corrected chi connectivity index (χ3v) is 5.87. The molecule has 0 aromatic heterocycles. The van der Waals surface area contributed by atoms with Gasteiger partial charge < -0.3 is 26.2 Å². The lowest BCUT2D eigenvalue weighted by atomic mass is 9.98. The fourth-order valence-electron chi connectivity index (χ4n) is 3.65. The number of aryl methyl sites for hydroxylation is 2. The van der Waals surface area contributed by atoms with Crippen LogP contribution in [0.3, 0.4) is 0 Å². The molecule has 0 spiro atoms. The number of hydrogen-bond acceptors (Lipinski definition) is 6. The van der Waals surface area contributed by atoms with Crippen molar-refractivity contribution in [3.63, 3.8) is 0 Å². The van der Waals surface area contributed by atoms with Gasteiger partial charge in [0.25, 0.3) is 5.91 Å². The average molecular weight is 448 g/mol. The van der Waals surface area contributed by atoms with Crippen LogP contribution in [0.25, 0.3) is 0 Å². The molecule has 1 aliphatic rings. The molecule has 1 heterocycles. The number of aliphatic hydroxyl groups is 2. The highest BCUT2D eigenvalue weighted by Gasteiger charge is 2.21. The van der Waals surface area contributed by atoms with Crippen molar-refractivity contribution < 1.29 is 19.4 Å². The minimum atomic E-state index is -0.718. The average Bonchev–Trinajstić information content (AvgIpc) is 3.20. The number of benzene rings is 2. The van der Waals surface area contributed by atoms with Gasteiger partial charge in [0.2, 0.25) is 0 Å². The molecule has 1 fully saturated rings. The maximum Gasteiger partial charge on any atom is 0.252 e. The van der Waals surface area contributed by atoms with Crippen LogP contribution < -0.4 is 16.0 Å². The largest absolute Gasteiger partial charge is 0.394 e. The molecule has 6 nitrogen and oxygen atoms in total. The quantitative estimate of drug-likeness (QED) is 0.312. The van der Waals surface area contributed by atoms with Gasteiger partial charge in [-0.05, 0) is 54.7 Å². The standard InChI is InChI=1S/C23H30FN3O3S/c24-17-6-2-15(3-7-17)1-4-16-5-8-18(25-11-19-9-21(31)12-26-19)10-22(16)23(30)27-20(13-28)14-29/h2-3,5-8,10,19-21,25-26,28-29,31H,1,4,9,11-14H2,(H,27,30)/t19-,21-/m0/s1. The first-order chi connectivity index (χ1) is 15.0. The van der Waals surface area contributed by atoms with E-state index in [2.05, 4.69) is 28.6 Å². The van der Waals surface area contributed by atoms with Crippen LogP contribution in [0.4, 0.5) is 10.1 Å². The van der Waals surface area contributed by atoms with Crippen molar-refractivity contribution in [1.29, 1.82) is 0 Å². The molecular formula is C23H30FN3O3S. The summed E-state index contributed by atoms with van der Waals surface area (Å²) in [6.45, 7) is 0.921. The van der Waals surface area contributed by atoms with E-state index in [0.717, 1.165) is 36.3 Å². The number of rotatable bonds is 10. The monoisotopic (exact) mass is 447 g/mol. The van der Waals surface area contributed by atoms with Crippen molar-refractivity contribution in [2.45, 2.75) is 36.6 Å². The highest BCUT2D eigenvalue weighted by atomic mass is 32.1. The first kappa shape index (κ1) is 23.5. The molecule has 1 aliphatic heterocycles. The maximum atomic E-state index is 13.1. The van der Waals surface area contributed by atoms with Gasteiger partial charge in [0.05, 0.1) is 19.3 Å². The zero-order valence-corrected chi connectivity index (χ0v) is 18.2. The molecule has 5 N–H and O–H groups in total. The molecule has 1 saturated heterocycles. The number of carbonyl (C=O) groups excluding carboxylic acids is 1. The van der Waals surface area contributed by atoms with Gasteiger partial charge in [-0.2, -0.15) is 12.6 Å². The fourth-order valence-corrected chi connectivity index (χ4v) is 4.01. The Morgan fingerprint density at radius 2 is 1.90 bits per heavy atom. The molecule has 0 radical (unpaired) electrons. The van der Waals surface area contributed by atoms with E-state index in [0.29, 0.717) is 29.7 Å². The molecule has 1 amide bonds. The van der Waals surface area contributed by atoms with Gasteiger partial charge in [-0.3, -0.25) is 4.79 Å². The lowest BCUT2D eigenvalue weighted by Crippen LogP contribution is -2.40. The minimum Gasteiger partial charge on any atom is -0.394 e. The van der Waals surface area contributed by atoms with Crippen LogP contribution in [0.1, 0.15) is 27.9 Å². The Kier molecular flexibility index (Phi) is 8.71. The molecule has 31 heavy (non-hydrogen) atoms. The number of thiol groups is 1. The Morgan fingerprint density at radius 1 is 1.16 bits per heavy atom. The fraction of sp³-hybridized carbons (Fsp3) is 0.435. The first-order valence-corrected chi connectivity index (χ1v) is 11.1. The minimum absolute atomic E-state index is 0.278.